The fourth-order valence-corrected chi connectivity index (χ4v) is 2.77. The molecule has 2 N–H and O–H groups in total. The highest BCUT2D eigenvalue weighted by Gasteiger charge is 2.20. The van der Waals surface area contributed by atoms with Crippen molar-refractivity contribution in [2.75, 3.05) is 27.2 Å². The Labute approximate surface area is 145 Å². The number of amides is 1. The quantitative estimate of drug-likeness (QED) is 0.859. The van der Waals surface area contributed by atoms with Crippen LogP contribution in [0.4, 0.5) is 0 Å². The first kappa shape index (κ1) is 21.2. The van der Waals surface area contributed by atoms with Crippen molar-refractivity contribution in [3.05, 3.63) is 34.9 Å². The second-order valence-corrected chi connectivity index (χ2v) is 6.67. The first-order chi connectivity index (χ1) is 9.37. The largest absolute Gasteiger partial charge is 0.351 e. The summed E-state index contributed by atoms with van der Waals surface area (Å²) < 4.78 is 0. The summed E-state index contributed by atoms with van der Waals surface area (Å²) in [5, 5.41) is 6.34. The average molecular weight is 348 g/mol. The van der Waals surface area contributed by atoms with E-state index in [2.05, 4.69) is 49.5 Å². The highest BCUT2D eigenvalue weighted by atomic mass is 35.5. The zero-order chi connectivity index (χ0) is 14.8. The van der Waals surface area contributed by atoms with E-state index >= 15 is 0 Å². The molecule has 1 heterocycles. The van der Waals surface area contributed by atoms with Gasteiger partial charge >= 0.3 is 0 Å². The molecule has 6 heteroatoms. The van der Waals surface area contributed by atoms with Gasteiger partial charge in [0.15, 0.2) is 0 Å². The molecule has 0 aromatic heterocycles. The molecular formula is C16H27Cl2N3O. The molecule has 0 spiro atoms. The molecule has 0 bridgehead atoms. The maximum absolute atomic E-state index is 12.2. The van der Waals surface area contributed by atoms with E-state index in [0.29, 0.717) is 6.54 Å². The van der Waals surface area contributed by atoms with E-state index in [9.17, 15) is 4.79 Å². The molecule has 1 amide bonds. The maximum atomic E-state index is 12.2. The Balaban J connectivity index is 0.00000220. The average Bonchev–Trinajstić information content (AvgIpc) is 2.81. The van der Waals surface area contributed by atoms with Gasteiger partial charge in [-0.2, -0.15) is 0 Å². The Morgan fingerprint density at radius 1 is 1.23 bits per heavy atom. The van der Waals surface area contributed by atoms with Crippen molar-refractivity contribution in [3.8, 4) is 0 Å². The third kappa shape index (κ3) is 5.76. The molecule has 0 saturated heterocycles. The van der Waals surface area contributed by atoms with Crippen LogP contribution in [-0.2, 0) is 13.1 Å². The monoisotopic (exact) mass is 347 g/mol. The molecule has 0 atom stereocenters. The second kappa shape index (κ2) is 8.73. The van der Waals surface area contributed by atoms with Crippen molar-refractivity contribution in [2.45, 2.75) is 26.9 Å². The predicted molar refractivity (Wildman–Crippen MR) is 96.1 cm³/mol. The molecule has 0 unspecified atom stereocenters. The number of nitrogens with one attached hydrogen (secondary N) is 2. The van der Waals surface area contributed by atoms with Gasteiger partial charge in [0.25, 0.3) is 5.91 Å². The van der Waals surface area contributed by atoms with Gasteiger partial charge in [-0.3, -0.25) is 4.79 Å². The molecule has 22 heavy (non-hydrogen) atoms. The van der Waals surface area contributed by atoms with E-state index in [1.165, 1.54) is 11.1 Å². The summed E-state index contributed by atoms with van der Waals surface area (Å²) in [5.74, 6) is 0.0199. The van der Waals surface area contributed by atoms with Gasteiger partial charge in [-0.05, 0) is 42.8 Å². The van der Waals surface area contributed by atoms with Crippen LogP contribution in [0.1, 0.15) is 35.3 Å². The van der Waals surface area contributed by atoms with E-state index in [0.717, 1.165) is 25.2 Å². The van der Waals surface area contributed by atoms with Gasteiger partial charge in [0.1, 0.15) is 0 Å². The fraction of sp³-hybridized carbons (Fsp3) is 0.562. The Morgan fingerprint density at radius 3 is 2.50 bits per heavy atom. The fourth-order valence-electron chi connectivity index (χ4n) is 2.77. The standard InChI is InChI=1S/C16H25N3O.2ClH/c1-16(2,11-19(3)4)10-18-15(20)12-5-6-13-8-17-9-14(13)7-12;;/h5-7,17H,8-11H2,1-4H3,(H,18,20);2*1H. The van der Waals surface area contributed by atoms with Crippen molar-refractivity contribution in [1.29, 1.82) is 0 Å². The van der Waals surface area contributed by atoms with E-state index < -0.39 is 0 Å². The van der Waals surface area contributed by atoms with E-state index in [1.807, 2.05) is 12.1 Å². The van der Waals surface area contributed by atoms with Crippen molar-refractivity contribution in [1.82, 2.24) is 15.5 Å². The van der Waals surface area contributed by atoms with E-state index in [1.54, 1.807) is 0 Å². The van der Waals surface area contributed by atoms with Crippen LogP contribution in [0, 0.1) is 5.41 Å². The topological polar surface area (TPSA) is 44.4 Å². The first-order valence-corrected chi connectivity index (χ1v) is 7.13. The molecule has 0 radical (unpaired) electrons. The van der Waals surface area contributed by atoms with Gasteiger partial charge in [-0.15, -0.1) is 24.8 Å². The highest BCUT2D eigenvalue weighted by molar-refractivity contribution is 5.94. The van der Waals surface area contributed by atoms with Gasteiger partial charge in [0.2, 0.25) is 0 Å². The summed E-state index contributed by atoms with van der Waals surface area (Å²) >= 11 is 0. The second-order valence-electron chi connectivity index (χ2n) is 6.67. The summed E-state index contributed by atoms with van der Waals surface area (Å²) in [5.41, 5.74) is 3.37. The number of carbonyl (C=O) groups is 1. The molecular weight excluding hydrogens is 321 g/mol. The Bertz CT molecular complexity index is 504. The summed E-state index contributed by atoms with van der Waals surface area (Å²) in [7, 11) is 4.11. The highest BCUT2D eigenvalue weighted by Crippen LogP contribution is 2.18. The molecule has 0 fully saturated rings. The van der Waals surface area contributed by atoms with Crippen LogP contribution in [0.15, 0.2) is 18.2 Å². The summed E-state index contributed by atoms with van der Waals surface area (Å²) in [6.45, 7) is 7.73. The molecule has 1 aliphatic rings. The Morgan fingerprint density at radius 2 is 1.86 bits per heavy atom. The van der Waals surface area contributed by atoms with E-state index in [-0.39, 0.29) is 36.1 Å². The molecule has 1 aromatic carbocycles. The zero-order valence-corrected chi connectivity index (χ0v) is 15.4. The van der Waals surface area contributed by atoms with Gasteiger partial charge in [0.05, 0.1) is 0 Å². The van der Waals surface area contributed by atoms with Crippen LogP contribution in [0.25, 0.3) is 0 Å². The number of carbonyl (C=O) groups excluding carboxylic acids is 1. The van der Waals surface area contributed by atoms with Gasteiger partial charge in [-0.25, -0.2) is 0 Å². The summed E-state index contributed by atoms with van der Waals surface area (Å²) in [4.78, 5) is 14.4. The van der Waals surface area contributed by atoms with Crippen LogP contribution in [0.3, 0.4) is 0 Å². The smallest absolute Gasteiger partial charge is 0.251 e. The molecule has 0 aliphatic carbocycles. The minimum Gasteiger partial charge on any atom is -0.351 e. The van der Waals surface area contributed by atoms with Crippen LogP contribution in [0.5, 0.6) is 0 Å². The number of hydrogen-bond donors (Lipinski definition) is 2. The van der Waals surface area contributed by atoms with Crippen molar-refractivity contribution in [3.63, 3.8) is 0 Å². The third-order valence-electron chi connectivity index (χ3n) is 3.57. The van der Waals surface area contributed by atoms with Crippen molar-refractivity contribution < 1.29 is 4.79 Å². The number of nitrogens with zero attached hydrogens (tertiary/aromatic N) is 1. The number of benzene rings is 1. The predicted octanol–water partition coefficient (Wildman–Crippen LogP) is 2.45. The minimum absolute atomic E-state index is 0. The van der Waals surface area contributed by atoms with Crippen LogP contribution in [-0.4, -0.2) is 38.0 Å². The molecule has 2 rings (SSSR count). The summed E-state index contributed by atoms with van der Waals surface area (Å²) in [6, 6.07) is 5.97. The lowest BCUT2D eigenvalue weighted by atomic mass is 9.93. The number of halogens is 2. The molecule has 1 aromatic rings. The summed E-state index contributed by atoms with van der Waals surface area (Å²) in [6.07, 6.45) is 0. The van der Waals surface area contributed by atoms with Gasteiger partial charge in [0, 0.05) is 31.7 Å². The lowest BCUT2D eigenvalue weighted by molar-refractivity contribution is 0.0929. The lowest BCUT2D eigenvalue weighted by Gasteiger charge is -2.28. The molecule has 1 aliphatic heterocycles. The lowest BCUT2D eigenvalue weighted by Crippen LogP contribution is -2.40. The normalized spacial score (nSPS) is 13.1. The van der Waals surface area contributed by atoms with Crippen molar-refractivity contribution >= 4 is 30.7 Å². The molecule has 126 valence electrons. The maximum Gasteiger partial charge on any atom is 0.251 e. The van der Waals surface area contributed by atoms with Gasteiger partial charge in [-0.1, -0.05) is 19.9 Å². The van der Waals surface area contributed by atoms with E-state index in [4.69, 9.17) is 0 Å². The first-order valence-electron chi connectivity index (χ1n) is 7.13. The number of rotatable bonds is 5. The number of fused-ring (bicyclic) bond motifs is 1. The van der Waals surface area contributed by atoms with Crippen LogP contribution in [0.2, 0.25) is 0 Å². The molecule has 4 nitrogen and oxygen atoms in total. The number of hydrogen-bond acceptors (Lipinski definition) is 3. The third-order valence-corrected chi connectivity index (χ3v) is 3.57. The SMILES string of the molecule is CN(C)CC(C)(C)CNC(=O)c1ccc2c(c1)CNC2.Cl.Cl. The Kier molecular flexibility index (Phi) is 8.40. The zero-order valence-electron chi connectivity index (χ0n) is 13.7. The van der Waals surface area contributed by atoms with Crippen molar-refractivity contribution in [2.24, 2.45) is 5.41 Å². The minimum atomic E-state index is 0. The van der Waals surface area contributed by atoms with Gasteiger partial charge < -0.3 is 15.5 Å². The van der Waals surface area contributed by atoms with Crippen LogP contribution < -0.4 is 10.6 Å². The molecule has 0 saturated carbocycles. The Hall–Kier alpha value is -0.810. The van der Waals surface area contributed by atoms with Crippen LogP contribution >= 0.6 is 24.8 Å².